The third-order valence-corrected chi connectivity index (χ3v) is 5.28. The van der Waals surface area contributed by atoms with Crippen molar-refractivity contribution < 1.29 is 32.1 Å². The Hall–Kier alpha value is -2.51. The van der Waals surface area contributed by atoms with Crippen molar-refractivity contribution >= 4 is 45.7 Å². The summed E-state index contributed by atoms with van der Waals surface area (Å²) in [5, 5.41) is 7.71. The molecule has 0 unspecified atom stereocenters. The second-order valence-electron chi connectivity index (χ2n) is 8.13. The van der Waals surface area contributed by atoms with Crippen molar-refractivity contribution in [3.63, 3.8) is 0 Å². The van der Waals surface area contributed by atoms with Gasteiger partial charge in [-0.05, 0) is 56.9 Å². The SMILES string of the molecule is CNC(=O)[C@H](Cc1ccc(NS(=O)(=O)O)cc1)NC(=O)[C@@H](CCSC)NC(=O)OC(C)(C)C. The molecule has 1 aromatic carbocycles. The zero-order valence-electron chi connectivity index (χ0n) is 19.3. The van der Waals surface area contributed by atoms with Crippen molar-refractivity contribution in [3.05, 3.63) is 29.8 Å². The number of nitrogens with one attached hydrogen (secondary N) is 4. The Kier molecular flexibility index (Phi) is 10.9. The predicted octanol–water partition coefficient (Wildman–Crippen LogP) is 1.32. The molecule has 0 aliphatic carbocycles. The smallest absolute Gasteiger partial charge is 0.408 e. The molecule has 1 aromatic rings. The van der Waals surface area contributed by atoms with Crippen LogP contribution in [0.1, 0.15) is 32.8 Å². The van der Waals surface area contributed by atoms with Gasteiger partial charge in [0.1, 0.15) is 17.7 Å². The van der Waals surface area contributed by atoms with Crippen LogP contribution in [-0.4, -0.2) is 67.6 Å². The lowest BCUT2D eigenvalue weighted by molar-refractivity contribution is -0.129. The number of alkyl carbamates (subject to hydrolysis) is 1. The van der Waals surface area contributed by atoms with Gasteiger partial charge in [0.05, 0.1) is 5.69 Å². The van der Waals surface area contributed by atoms with Gasteiger partial charge in [-0.25, -0.2) is 4.79 Å². The summed E-state index contributed by atoms with van der Waals surface area (Å²) >= 11 is 1.51. The molecule has 0 saturated carbocycles. The molecule has 1 rings (SSSR count). The number of benzene rings is 1. The van der Waals surface area contributed by atoms with Crippen LogP contribution in [0.3, 0.4) is 0 Å². The molecule has 0 spiro atoms. The molecule has 0 radical (unpaired) electrons. The second kappa shape index (κ2) is 12.7. The summed E-state index contributed by atoms with van der Waals surface area (Å²) in [6, 6.07) is 4.09. The third kappa shape index (κ3) is 11.8. The van der Waals surface area contributed by atoms with Gasteiger partial charge < -0.3 is 20.7 Å². The van der Waals surface area contributed by atoms with Crippen molar-refractivity contribution in [1.29, 1.82) is 0 Å². The summed E-state index contributed by atoms with van der Waals surface area (Å²) < 4.78 is 37.8. The lowest BCUT2D eigenvalue weighted by Gasteiger charge is -2.25. The highest BCUT2D eigenvalue weighted by atomic mass is 32.2. The molecule has 0 saturated heterocycles. The summed E-state index contributed by atoms with van der Waals surface area (Å²) in [6.07, 6.45) is 1.58. The molecule has 186 valence electrons. The molecule has 11 nitrogen and oxygen atoms in total. The van der Waals surface area contributed by atoms with Crippen LogP contribution < -0.4 is 20.7 Å². The van der Waals surface area contributed by atoms with Crippen LogP contribution in [0.2, 0.25) is 0 Å². The number of carbonyl (C=O) groups excluding carboxylic acids is 3. The van der Waals surface area contributed by atoms with E-state index in [1.54, 1.807) is 32.9 Å². The molecule has 0 aromatic heterocycles. The Morgan fingerprint density at radius 2 is 1.67 bits per heavy atom. The van der Waals surface area contributed by atoms with Crippen LogP contribution >= 0.6 is 11.8 Å². The van der Waals surface area contributed by atoms with Gasteiger partial charge >= 0.3 is 16.4 Å². The van der Waals surface area contributed by atoms with Gasteiger partial charge in [0, 0.05) is 13.5 Å². The first-order valence-corrected chi connectivity index (χ1v) is 12.9. The van der Waals surface area contributed by atoms with Crippen LogP contribution in [0, 0.1) is 0 Å². The van der Waals surface area contributed by atoms with E-state index in [2.05, 4.69) is 16.0 Å². The van der Waals surface area contributed by atoms with E-state index in [1.807, 2.05) is 11.0 Å². The molecule has 5 N–H and O–H groups in total. The maximum absolute atomic E-state index is 12.9. The monoisotopic (exact) mass is 504 g/mol. The minimum atomic E-state index is -4.40. The molecule has 3 amide bonds. The Bertz CT molecular complexity index is 915. The quantitative estimate of drug-likeness (QED) is 0.282. The van der Waals surface area contributed by atoms with E-state index in [4.69, 9.17) is 9.29 Å². The highest BCUT2D eigenvalue weighted by molar-refractivity contribution is 7.98. The fraction of sp³-hybridized carbons (Fsp3) is 0.550. The van der Waals surface area contributed by atoms with Crippen molar-refractivity contribution in [3.8, 4) is 0 Å². The maximum atomic E-state index is 12.9. The largest absolute Gasteiger partial charge is 0.444 e. The number of rotatable bonds is 11. The minimum Gasteiger partial charge on any atom is -0.444 e. The number of amides is 3. The average molecular weight is 505 g/mol. The first-order chi connectivity index (χ1) is 15.2. The number of ether oxygens (including phenoxy) is 1. The fourth-order valence-electron chi connectivity index (χ4n) is 2.70. The molecule has 0 aliphatic heterocycles. The Morgan fingerprint density at radius 1 is 1.06 bits per heavy atom. The summed E-state index contributed by atoms with van der Waals surface area (Å²) in [5.74, 6) is -0.377. The van der Waals surface area contributed by atoms with Gasteiger partial charge in [-0.1, -0.05) is 12.1 Å². The van der Waals surface area contributed by atoms with E-state index in [1.165, 1.54) is 30.9 Å². The summed E-state index contributed by atoms with van der Waals surface area (Å²) in [7, 11) is -2.97. The van der Waals surface area contributed by atoms with Crippen LogP contribution in [0.4, 0.5) is 10.5 Å². The molecule has 33 heavy (non-hydrogen) atoms. The van der Waals surface area contributed by atoms with E-state index in [-0.39, 0.29) is 12.1 Å². The number of thioether (sulfide) groups is 1. The van der Waals surface area contributed by atoms with Gasteiger partial charge in [0.25, 0.3) is 0 Å². The van der Waals surface area contributed by atoms with Crippen LogP contribution in [0.15, 0.2) is 24.3 Å². The van der Waals surface area contributed by atoms with Gasteiger partial charge in [-0.3, -0.25) is 18.9 Å². The van der Waals surface area contributed by atoms with E-state index >= 15 is 0 Å². The van der Waals surface area contributed by atoms with Gasteiger partial charge in [0.15, 0.2) is 0 Å². The van der Waals surface area contributed by atoms with E-state index in [0.717, 1.165) is 0 Å². The molecule has 0 aliphatic rings. The highest BCUT2D eigenvalue weighted by Gasteiger charge is 2.28. The summed E-state index contributed by atoms with van der Waals surface area (Å²) in [4.78, 5) is 37.5. The predicted molar refractivity (Wildman–Crippen MR) is 127 cm³/mol. The first kappa shape index (κ1) is 28.5. The van der Waals surface area contributed by atoms with Crippen LogP contribution in [-0.2, 0) is 31.1 Å². The molecule has 0 fully saturated rings. The average Bonchev–Trinajstić information content (AvgIpc) is 2.68. The molecular formula is C20H32N4O7S2. The number of carbonyl (C=O) groups is 3. The summed E-state index contributed by atoms with van der Waals surface area (Å²) in [5.41, 5.74) is 0.0389. The van der Waals surface area contributed by atoms with Gasteiger partial charge in [-0.2, -0.15) is 20.2 Å². The molecule has 13 heteroatoms. The number of anilines is 1. The van der Waals surface area contributed by atoms with Gasteiger partial charge in [0.2, 0.25) is 11.8 Å². The lowest BCUT2D eigenvalue weighted by atomic mass is 10.0. The first-order valence-electron chi connectivity index (χ1n) is 10.1. The van der Waals surface area contributed by atoms with Crippen molar-refractivity contribution in [2.45, 2.75) is 51.3 Å². The second-order valence-corrected chi connectivity index (χ2v) is 10.3. The normalized spacial score (nSPS) is 13.4. The van der Waals surface area contributed by atoms with E-state index < -0.39 is 45.9 Å². The Labute approximate surface area is 198 Å². The standard InChI is InChI=1S/C20H32N4O7S2/c1-20(2,3)31-19(27)23-15(10-11-32-5)18(26)22-16(17(25)21-4)12-13-6-8-14(9-7-13)24-33(28,29)30/h6-9,15-16,24H,10-12H2,1-5H3,(H,21,25)(H,22,26)(H,23,27)(H,28,29,30)/t15-,16+/m1/s1. The van der Waals surface area contributed by atoms with Crippen molar-refractivity contribution in [2.75, 3.05) is 23.8 Å². The number of hydrogen-bond donors (Lipinski definition) is 5. The van der Waals surface area contributed by atoms with Crippen molar-refractivity contribution in [1.82, 2.24) is 16.0 Å². The number of hydrogen-bond acceptors (Lipinski definition) is 7. The fourth-order valence-corrected chi connectivity index (χ4v) is 3.61. The lowest BCUT2D eigenvalue weighted by Crippen LogP contribution is -2.54. The molecule has 2 atom stereocenters. The molecule has 0 heterocycles. The minimum absolute atomic E-state index is 0.110. The Balaban J connectivity index is 2.94. The molecule has 0 bridgehead atoms. The van der Waals surface area contributed by atoms with Crippen molar-refractivity contribution in [2.24, 2.45) is 0 Å². The summed E-state index contributed by atoms with van der Waals surface area (Å²) in [6.45, 7) is 5.13. The third-order valence-electron chi connectivity index (χ3n) is 4.14. The van der Waals surface area contributed by atoms with E-state index in [9.17, 15) is 22.8 Å². The molecular weight excluding hydrogens is 472 g/mol. The van der Waals surface area contributed by atoms with E-state index in [0.29, 0.717) is 17.7 Å². The zero-order valence-corrected chi connectivity index (χ0v) is 20.9. The Morgan fingerprint density at radius 3 is 2.15 bits per heavy atom. The van der Waals surface area contributed by atoms with Gasteiger partial charge in [-0.15, -0.1) is 0 Å². The van der Waals surface area contributed by atoms with Crippen LogP contribution in [0.25, 0.3) is 0 Å². The zero-order chi connectivity index (χ0) is 25.2. The highest BCUT2D eigenvalue weighted by Crippen LogP contribution is 2.13. The maximum Gasteiger partial charge on any atom is 0.408 e. The topological polar surface area (TPSA) is 163 Å². The van der Waals surface area contributed by atoms with Crippen LogP contribution in [0.5, 0.6) is 0 Å². The number of likely N-dealkylation sites (N-methyl/N-ethyl adjacent to an activating group) is 1.